The van der Waals surface area contributed by atoms with Crippen molar-refractivity contribution in [1.29, 1.82) is 0 Å². The van der Waals surface area contributed by atoms with E-state index < -0.39 is 0 Å². The SMILES string of the molecule is CCC1(C(=O)Nc2nc(C)cc(Cl)n2)CCNC1. The zero-order chi connectivity index (χ0) is 13.2. The van der Waals surface area contributed by atoms with Crippen LogP contribution in [-0.2, 0) is 4.79 Å². The first-order valence-electron chi connectivity index (χ1n) is 6.09. The van der Waals surface area contributed by atoms with Crippen molar-refractivity contribution in [1.82, 2.24) is 15.3 Å². The Morgan fingerprint density at radius 3 is 2.94 bits per heavy atom. The van der Waals surface area contributed by atoms with Gasteiger partial charge in [0.25, 0.3) is 0 Å². The van der Waals surface area contributed by atoms with Crippen LogP contribution in [0.5, 0.6) is 0 Å². The number of aromatic nitrogens is 2. The minimum absolute atomic E-state index is 0.0309. The summed E-state index contributed by atoms with van der Waals surface area (Å²) in [6.07, 6.45) is 1.64. The number of nitrogens with one attached hydrogen (secondary N) is 2. The second-order valence-corrected chi connectivity index (χ2v) is 5.06. The summed E-state index contributed by atoms with van der Waals surface area (Å²) in [6.45, 7) is 5.41. The van der Waals surface area contributed by atoms with E-state index in [4.69, 9.17) is 11.6 Å². The molecule has 0 saturated carbocycles. The largest absolute Gasteiger partial charge is 0.316 e. The summed E-state index contributed by atoms with van der Waals surface area (Å²) in [7, 11) is 0. The van der Waals surface area contributed by atoms with Gasteiger partial charge in [-0.2, -0.15) is 0 Å². The van der Waals surface area contributed by atoms with Crippen LogP contribution >= 0.6 is 11.6 Å². The Kier molecular flexibility index (Phi) is 3.82. The first-order valence-corrected chi connectivity index (χ1v) is 6.47. The number of hydrogen-bond donors (Lipinski definition) is 2. The third kappa shape index (κ3) is 2.62. The molecule has 98 valence electrons. The van der Waals surface area contributed by atoms with Gasteiger partial charge in [-0.3, -0.25) is 10.1 Å². The molecule has 5 nitrogen and oxygen atoms in total. The van der Waals surface area contributed by atoms with Gasteiger partial charge in [0.15, 0.2) is 0 Å². The molecule has 18 heavy (non-hydrogen) atoms. The number of rotatable bonds is 3. The normalized spacial score (nSPS) is 23.1. The number of carbonyl (C=O) groups is 1. The highest BCUT2D eigenvalue weighted by Crippen LogP contribution is 2.30. The Bertz CT molecular complexity index is 437. The van der Waals surface area contributed by atoms with Crippen molar-refractivity contribution in [3.8, 4) is 0 Å². The maximum Gasteiger partial charge on any atom is 0.234 e. The molecular formula is C12H17ClN4O. The summed E-state index contributed by atoms with van der Waals surface area (Å²) >= 11 is 5.85. The van der Waals surface area contributed by atoms with Crippen LogP contribution in [0.1, 0.15) is 25.5 Å². The molecule has 0 spiro atoms. The molecule has 1 amide bonds. The molecular weight excluding hydrogens is 252 g/mol. The van der Waals surface area contributed by atoms with Gasteiger partial charge in [0.05, 0.1) is 5.41 Å². The van der Waals surface area contributed by atoms with Crippen LogP contribution in [0, 0.1) is 12.3 Å². The van der Waals surface area contributed by atoms with E-state index in [1.807, 2.05) is 13.8 Å². The molecule has 0 aromatic carbocycles. The second-order valence-electron chi connectivity index (χ2n) is 4.67. The summed E-state index contributed by atoms with van der Waals surface area (Å²) in [5, 5.41) is 6.34. The molecule has 6 heteroatoms. The summed E-state index contributed by atoms with van der Waals surface area (Å²) in [6, 6.07) is 1.66. The van der Waals surface area contributed by atoms with E-state index in [9.17, 15) is 4.79 Å². The van der Waals surface area contributed by atoms with Crippen molar-refractivity contribution >= 4 is 23.5 Å². The lowest BCUT2D eigenvalue weighted by molar-refractivity contribution is -0.124. The van der Waals surface area contributed by atoms with Crippen LogP contribution < -0.4 is 10.6 Å². The Balaban J connectivity index is 2.15. The monoisotopic (exact) mass is 268 g/mol. The number of anilines is 1. The second kappa shape index (κ2) is 5.20. The van der Waals surface area contributed by atoms with Crippen LogP contribution in [0.2, 0.25) is 5.15 Å². The maximum atomic E-state index is 12.3. The molecule has 1 saturated heterocycles. The van der Waals surface area contributed by atoms with Crippen molar-refractivity contribution in [2.45, 2.75) is 26.7 Å². The number of halogens is 1. The predicted octanol–water partition coefficient (Wildman–Crippen LogP) is 1.77. The van der Waals surface area contributed by atoms with Gasteiger partial charge in [0, 0.05) is 12.2 Å². The van der Waals surface area contributed by atoms with E-state index in [-0.39, 0.29) is 17.3 Å². The van der Waals surface area contributed by atoms with Crippen molar-refractivity contribution in [2.75, 3.05) is 18.4 Å². The molecule has 1 unspecified atom stereocenters. The van der Waals surface area contributed by atoms with Crippen molar-refractivity contribution in [3.63, 3.8) is 0 Å². The zero-order valence-corrected chi connectivity index (χ0v) is 11.3. The van der Waals surface area contributed by atoms with Crippen LogP contribution in [0.3, 0.4) is 0 Å². The quantitative estimate of drug-likeness (QED) is 0.820. The van der Waals surface area contributed by atoms with Gasteiger partial charge in [-0.15, -0.1) is 0 Å². The van der Waals surface area contributed by atoms with Gasteiger partial charge in [-0.05, 0) is 32.4 Å². The van der Waals surface area contributed by atoms with E-state index in [2.05, 4.69) is 20.6 Å². The molecule has 1 aliphatic rings. The zero-order valence-electron chi connectivity index (χ0n) is 10.6. The molecule has 0 aliphatic carbocycles. The maximum absolute atomic E-state index is 12.3. The molecule has 1 fully saturated rings. The van der Waals surface area contributed by atoms with Crippen LogP contribution in [-0.4, -0.2) is 29.0 Å². The van der Waals surface area contributed by atoms with E-state index in [1.165, 1.54) is 0 Å². The molecule has 1 aromatic rings. The highest BCUT2D eigenvalue weighted by atomic mass is 35.5. The minimum atomic E-state index is -0.348. The van der Waals surface area contributed by atoms with Gasteiger partial charge >= 0.3 is 0 Å². The Labute approximate surface area is 111 Å². The summed E-state index contributed by atoms with van der Waals surface area (Å²) in [5.41, 5.74) is 0.389. The lowest BCUT2D eigenvalue weighted by Crippen LogP contribution is -2.38. The van der Waals surface area contributed by atoms with Gasteiger partial charge in [-0.1, -0.05) is 18.5 Å². The molecule has 0 bridgehead atoms. The number of carbonyl (C=O) groups excluding carboxylic acids is 1. The predicted molar refractivity (Wildman–Crippen MR) is 70.6 cm³/mol. The average molecular weight is 269 g/mol. The first kappa shape index (κ1) is 13.2. The van der Waals surface area contributed by atoms with Crippen molar-refractivity contribution in [3.05, 3.63) is 16.9 Å². The molecule has 1 aliphatic heterocycles. The fraction of sp³-hybridized carbons (Fsp3) is 0.583. The smallest absolute Gasteiger partial charge is 0.234 e. The lowest BCUT2D eigenvalue weighted by Gasteiger charge is -2.24. The third-order valence-corrected chi connectivity index (χ3v) is 3.64. The highest BCUT2D eigenvalue weighted by Gasteiger charge is 2.39. The van der Waals surface area contributed by atoms with Crippen molar-refractivity contribution < 1.29 is 4.79 Å². The molecule has 2 rings (SSSR count). The topological polar surface area (TPSA) is 66.9 Å². The van der Waals surface area contributed by atoms with Gasteiger partial charge in [0.2, 0.25) is 11.9 Å². The molecule has 0 radical (unpaired) electrons. The number of hydrogen-bond acceptors (Lipinski definition) is 4. The number of amides is 1. The number of nitrogens with zero attached hydrogens (tertiary/aromatic N) is 2. The van der Waals surface area contributed by atoms with E-state index in [0.29, 0.717) is 11.7 Å². The van der Waals surface area contributed by atoms with E-state index in [0.717, 1.165) is 25.1 Å². The lowest BCUT2D eigenvalue weighted by atomic mass is 9.83. The fourth-order valence-electron chi connectivity index (χ4n) is 2.22. The molecule has 1 atom stereocenters. The van der Waals surface area contributed by atoms with Crippen LogP contribution in [0.15, 0.2) is 6.07 Å². The Morgan fingerprint density at radius 1 is 1.61 bits per heavy atom. The third-order valence-electron chi connectivity index (χ3n) is 3.45. The highest BCUT2D eigenvalue weighted by molar-refractivity contribution is 6.29. The minimum Gasteiger partial charge on any atom is -0.316 e. The summed E-state index contributed by atoms with van der Waals surface area (Å²) in [4.78, 5) is 20.5. The fourth-order valence-corrected chi connectivity index (χ4v) is 2.46. The molecule has 1 aromatic heterocycles. The number of aryl methyl sites for hydroxylation is 1. The average Bonchev–Trinajstić information content (AvgIpc) is 2.77. The molecule has 2 N–H and O–H groups in total. The van der Waals surface area contributed by atoms with Crippen LogP contribution in [0.25, 0.3) is 0 Å². The van der Waals surface area contributed by atoms with Crippen LogP contribution in [0.4, 0.5) is 5.95 Å². The molecule has 2 heterocycles. The Hall–Kier alpha value is -1.20. The standard InChI is InChI=1S/C12H17ClN4O/c1-3-12(4-5-14-7-12)10(18)17-11-15-8(2)6-9(13)16-11/h6,14H,3-5,7H2,1-2H3,(H,15,16,17,18). The summed E-state index contributed by atoms with van der Waals surface area (Å²) < 4.78 is 0. The van der Waals surface area contributed by atoms with E-state index >= 15 is 0 Å². The van der Waals surface area contributed by atoms with Crippen molar-refractivity contribution in [2.24, 2.45) is 5.41 Å². The van der Waals surface area contributed by atoms with Gasteiger partial charge in [0.1, 0.15) is 5.15 Å². The Morgan fingerprint density at radius 2 is 2.39 bits per heavy atom. The van der Waals surface area contributed by atoms with Gasteiger partial charge < -0.3 is 5.32 Å². The first-order chi connectivity index (χ1) is 8.55. The summed E-state index contributed by atoms with van der Waals surface area (Å²) in [5.74, 6) is 0.251. The van der Waals surface area contributed by atoms with E-state index in [1.54, 1.807) is 6.07 Å². The van der Waals surface area contributed by atoms with Gasteiger partial charge in [-0.25, -0.2) is 9.97 Å².